The van der Waals surface area contributed by atoms with Gasteiger partial charge in [-0.1, -0.05) is 6.07 Å². The quantitative estimate of drug-likeness (QED) is 0.777. The minimum atomic E-state index is -0.907. The number of fused-ring (bicyclic) bond motifs is 1. The lowest BCUT2D eigenvalue weighted by Crippen LogP contribution is -2.02. The van der Waals surface area contributed by atoms with Crippen LogP contribution < -0.4 is 5.73 Å². The normalized spacial score (nSPS) is 10.8. The highest BCUT2D eigenvalue weighted by Gasteiger charge is 2.18. The summed E-state index contributed by atoms with van der Waals surface area (Å²) in [7, 11) is 0. The molecule has 0 aromatic carbocycles. The maximum absolute atomic E-state index is 11.1. The van der Waals surface area contributed by atoms with Gasteiger partial charge in [-0.05, 0) is 24.6 Å². The van der Waals surface area contributed by atoms with Crippen molar-refractivity contribution in [2.24, 2.45) is 5.73 Å². The van der Waals surface area contributed by atoms with Crippen molar-refractivity contribution in [3.8, 4) is 0 Å². The zero-order valence-corrected chi connectivity index (χ0v) is 8.40. The second-order valence-electron chi connectivity index (χ2n) is 3.41. The minimum absolute atomic E-state index is 0.338. The van der Waals surface area contributed by atoms with Gasteiger partial charge in [-0.15, -0.1) is 0 Å². The highest BCUT2D eigenvalue weighted by atomic mass is 16.4. The molecule has 0 bridgehead atoms. The number of pyridine rings is 1. The average molecular weight is 204 g/mol. The lowest BCUT2D eigenvalue weighted by molar-refractivity contribution is 0.0698. The lowest BCUT2D eigenvalue weighted by Gasteiger charge is -1.98. The number of nitrogens with two attached hydrogens (primary N) is 1. The molecule has 0 atom stereocenters. The summed E-state index contributed by atoms with van der Waals surface area (Å²) in [6.45, 7) is 2.13. The number of aromatic nitrogens is 1. The van der Waals surface area contributed by atoms with Crippen LogP contribution in [0.5, 0.6) is 0 Å². The van der Waals surface area contributed by atoms with E-state index in [4.69, 9.17) is 10.8 Å². The van der Waals surface area contributed by atoms with Crippen LogP contribution in [0.1, 0.15) is 21.6 Å². The van der Waals surface area contributed by atoms with E-state index in [0.717, 1.165) is 11.3 Å². The predicted octanol–water partition coefficient (Wildman–Crippen LogP) is 1.40. The summed E-state index contributed by atoms with van der Waals surface area (Å²) < 4.78 is 1.83. The summed E-state index contributed by atoms with van der Waals surface area (Å²) in [5.74, 6) is -0.907. The fourth-order valence-electron chi connectivity index (χ4n) is 1.92. The Balaban J connectivity index is 2.91. The standard InChI is InChI=1S/C11H12N2O2/c1-7-9(6-12)13-5-3-2-4-8(13)10(7)11(14)15/h2-5H,6,12H2,1H3,(H,14,15). The Morgan fingerprint density at radius 3 is 2.87 bits per heavy atom. The van der Waals surface area contributed by atoms with Crippen molar-refractivity contribution >= 4 is 11.5 Å². The van der Waals surface area contributed by atoms with Crippen molar-refractivity contribution in [1.29, 1.82) is 0 Å². The Hall–Kier alpha value is -1.81. The first kappa shape index (κ1) is 9.73. The molecule has 0 amide bonds. The zero-order chi connectivity index (χ0) is 11.0. The molecule has 15 heavy (non-hydrogen) atoms. The summed E-state index contributed by atoms with van der Waals surface area (Å²) >= 11 is 0. The number of hydrogen-bond donors (Lipinski definition) is 2. The first-order valence-electron chi connectivity index (χ1n) is 4.68. The first-order chi connectivity index (χ1) is 7.16. The molecule has 4 nitrogen and oxygen atoms in total. The zero-order valence-electron chi connectivity index (χ0n) is 8.40. The molecule has 0 spiro atoms. The summed E-state index contributed by atoms with van der Waals surface area (Å²) in [5.41, 5.74) is 8.25. The van der Waals surface area contributed by atoms with E-state index in [9.17, 15) is 4.79 Å². The number of carboxylic acid groups (broad SMARTS) is 1. The lowest BCUT2D eigenvalue weighted by atomic mass is 10.1. The van der Waals surface area contributed by atoms with Gasteiger partial charge in [0.2, 0.25) is 0 Å². The van der Waals surface area contributed by atoms with Crippen molar-refractivity contribution < 1.29 is 9.90 Å². The molecule has 0 unspecified atom stereocenters. The number of aromatic carboxylic acids is 1. The van der Waals surface area contributed by atoms with Crippen LogP contribution in [0.15, 0.2) is 24.4 Å². The molecule has 0 saturated heterocycles. The van der Waals surface area contributed by atoms with Crippen LogP contribution in [-0.2, 0) is 6.54 Å². The van der Waals surface area contributed by atoms with Crippen LogP contribution in [0, 0.1) is 6.92 Å². The van der Waals surface area contributed by atoms with Gasteiger partial charge < -0.3 is 15.2 Å². The maximum atomic E-state index is 11.1. The second kappa shape index (κ2) is 3.40. The van der Waals surface area contributed by atoms with Gasteiger partial charge in [0.25, 0.3) is 0 Å². The van der Waals surface area contributed by atoms with E-state index in [0.29, 0.717) is 17.6 Å². The summed E-state index contributed by atoms with van der Waals surface area (Å²) in [6, 6.07) is 5.47. The fraction of sp³-hybridized carbons (Fsp3) is 0.182. The molecule has 2 rings (SSSR count). The first-order valence-corrected chi connectivity index (χ1v) is 4.68. The third-order valence-corrected chi connectivity index (χ3v) is 2.62. The van der Waals surface area contributed by atoms with Gasteiger partial charge in [-0.2, -0.15) is 0 Å². The third-order valence-electron chi connectivity index (χ3n) is 2.62. The molecular weight excluding hydrogens is 192 g/mol. The molecule has 2 aromatic rings. The van der Waals surface area contributed by atoms with Crippen LogP contribution in [0.25, 0.3) is 5.52 Å². The van der Waals surface area contributed by atoms with Gasteiger partial charge >= 0.3 is 5.97 Å². The van der Waals surface area contributed by atoms with Gasteiger partial charge in [0.15, 0.2) is 0 Å². The van der Waals surface area contributed by atoms with Gasteiger partial charge in [-0.25, -0.2) is 4.79 Å². The average Bonchev–Trinajstić information content (AvgIpc) is 2.49. The minimum Gasteiger partial charge on any atom is -0.478 e. The second-order valence-corrected chi connectivity index (χ2v) is 3.41. The molecule has 0 saturated carbocycles. The molecule has 3 N–H and O–H groups in total. The van der Waals surface area contributed by atoms with Gasteiger partial charge in [0, 0.05) is 18.4 Å². The van der Waals surface area contributed by atoms with E-state index >= 15 is 0 Å². The molecule has 0 aliphatic carbocycles. The van der Waals surface area contributed by atoms with Crippen LogP contribution in [-0.4, -0.2) is 15.5 Å². The highest BCUT2D eigenvalue weighted by Crippen LogP contribution is 2.22. The van der Waals surface area contributed by atoms with Crippen LogP contribution in [0.3, 0.4) is 0 Å². The third kappa shape index (κ3) is 1.30. The number of rotatable bonds is 2. The fourth-order valence-corrected chi connectivity index (χ4v) is 1.92. The summed E-state index contributed by atoms with van der Waals surface area (Å²) in [5, 5.41) is 9.12. The Kier molecular flexibility index (Phi) is 2.21. The molecule has 78 valence electrons. The number of carbonyl (C=O) groups is 1. The molecule has 0 fully saturated rings. The molecule has 0 aliphatic heterocycles. The molecule has 0 aliphatic rings. The largest absolute Gasteiger partial charge is 0.478 e. The van der Waals surface area contributed by atoms with Crippen molar-refractivity contribution in [2.45, 2.75) is 13.5 Å². The molecule has 4 heteroatoms. The molecular formula is C11H12N2O2. The van der Waals surface area contributed by atoms with E-state index in [-0.39, 0.29) is 0 Å². The van der Waals surface area contributed by atoms with Crippen molar-refractivity contribution in [1.82, 2.24) is 4.40 Å². The van der Waals surface area contributed by atoms with E-state index < -0.39 is 5.97 Å². The van der Waals surface area contributed by atoms with Gasteiger partial charge in [0.05, 0.1) is 11.1 Å². The maximum Gasteiger partial charge on any atom is 0.338 e. The number of nitrogens with zero attached hydrogens (tertiary/aromatic N) is 1. The van der Waals surface area contributed by atoms with Crippen molar-refractivity contribution in [3.05, 3.63) is 41.2 Å². The van der Waals surface area contributed by atoms with E-state index in [1.165, 1.54) is 0 Å². The molecule has 2 heterocycles. The molecule has 0 radical (unpaired) electrons. The number of carboxylic acids is 1. The van der Waals surface area contributed by atoms with Gasteiger partial charge in [-0.3, -0.25) is 0 Å². The van der Waals surface area contributed by atoms with Gasteiger partial charge in [0.1, 0.15) is 0 Å². The Labute approximate surface area is 86.9 Å². The highest BCUT2D eigenvalue weighted by molar-refractivity contribution is 5.98. The predicted molar refractivity (Wildman–Crippen MR) is 57.0 cm³/mol. The Bertz CT molecular complexity index is 529. The van der Waals surface area contributed by atoms with Crippen molar-refractivity contribution in [2.75, 3.05) is 0 Å². The Morgan fingerprint density at radius 1 is 1.53 bits per heavy atom. The smallest absolute Gasteiger partial charge is 0.338 e. The van der Waals surface area contributed by atoms with E-state index in [2.05, 4.69) is 0 Å². The summed E-state index contributed by atoms with van der Waals surface area (Å²) in [4.78, 5) is 11.1. The summed E-state index contributed by atoms with van der Waals surface area (Å²) in [6.07, 6.45) is 1.83. The van der Waals surface area contributed by atoms with Crippen LogP contribution in [0.2, 0.25) is 0 Å². The Morgan fingerprint density at radius 2 is 2.27 bits per heavy atom. The SMILES string of the molecule is Cc1c(C(=O)O)c2ccccn2c1CN. The topological polar surface area (TPSA) is 67.7 Å². The monoisotopic (exact) mass is 204 g/mol. The molecule has 2 aromatic heterocycles. The van der Waals surface area contributed by atoms with Crippen molar-refractivity contribution in [3.63, 3.8) is 0 Å². The number of hydrogen-bond acceptors (Lipinski definition) is 2. The van der Waals surface area contributed by atoms with E-state index in [1.807, 2.05) is 22.7 Å². The van der Waals surface area contributed by atoms with Crippen LogP contribution in [0.4, 0.5) is 0 Å². The van der Waals surface area contributed by atoms with E-state index in [1.54, 1.807) is 13.0 Å². The van der Waals surface area contributed by atoms with Crippen LogP contribution >= 0.6 is 0 Å².